The molecule has 4 nitrogen and oxygen atoms in total. The van der Waals surface area contributed by atoms with Crippen molar-refractivity contribution in [2.24, 2.45) is 0 Å². The normalized spacial score (nSPS) is 12.7. The number of hydrogen-bond acceptors (Lipinski definition) is 3. The first-order chi connectivity index (χ1) is 9.27. The number of nitrogens with one attached hydrogen (secondary N) is 1. The van der Waals surface area contributed by atoms with Crippen molar-refractivity contribution in [3.05, 3.63) is 0 Å². The van der Waals surface area contributed by atoms with Crippen LogP contribution in [0.25, 0.3) is 0 Å². The van der Waals surface area contributed by atoms with Crippen LogP contribution in [0.1, 0.15) is 71.1 Å². The molecule has 0 aliphatic carbocycles. The Bertz CT molecular complexity index is 203. The van der Waals surface area contributed by atoms with E-state index in [4.69, 9.17) is 4.55 Å². The molecule has 5 heteroatoms. The largest absolute Gasteiger partial charge is 0.314 e. The summed E-state index contributed by atoms with van der Waals surface area (Å²) in [4.78, 5) is 0. The van der Waals surface area contributed by atoms with Gasteiger partial charge in [-0.3, -0.25) is 8.74 Å². The van der Waals surface area contributed by atoms with Gasteiger partial charge in [-0.1, -0.05) is 64.7 Å². The van der Waals surface area contributed by atoms with Crippen LogP contribution in [0.4, 0.5) is 0 Å². The maximum Gasteiger partial charge on any atom is 0.301 e. The zero-order chi connectivity index (χ0) is 14.2. The zero-order valence-electron chi connectivity index (χ0n) is 12.4. The van der Waals surface area contributed by atoms with E-state index in [1.165, 1.54) is 64.2 Å². The summed E-state index contributed by atoms with van der Waals surface area (Å²) in [6.45, 7) is 4.16. The molecular formula is C14H31NO3S. The summed E-state index contributed by atoms with van der Waals surface area (Å²) in [5.41, 5.74) is 0. The van der Waals surface area contributed by atoms with Crippen molar-refractivity contribution in [3.8, 4) is 0 Å². The molecule has 0 heterocycles. The smallest absolute Gasteiger partial charge is 0.301 e. The highest BCUT2D eigenvalue weighted by Gasteiger charge is 1.94. The van der Waals surface area contributed by atoms with Crippen LogP contribution in [0.15, 0.2) is 0 Å². The number of hydrogen-bond donors (Lipinski definition) is 2. The van der Waals surface area contributed by atoms with E-state index in [1.807, 2.05) is 0 Å². The average molecular weight is 293 g/mol. The number of rotatable bonds is 15. The Kier molecular flexibility index (Phi) is 16.1. The highest BCUT2D eigenvalue weighted by molar-refractivity contribution is 7.74. The minimum absolute atomic E-state index is 0.293. The van der Waals surface area contributed by atoms with Gasteiger partial charge >= 0.3 is 11.4 Å². The number of unbranched alkanes of at least 4 members (excludes halogenated alkanes) is 9. The Morgan fingerprint density at radius 2 is 1.42 bits per heavy atom. The average Bonchev–Trinajstić information content (AvgIpc) is 2.39. The topological polar surface area (TPSA) is 58.6 Å². The first-order valence-electron chi connectivity index (χ1n) is 7.72. The predicted octanol–water partition coefficient (Wildman–Crippen LogP) is 3.65. The van der Waals surface area contributed by atoms with Gasteiger partial charge in [0.05, 0.1) is 6.61 Å². The van der Waals surface area contributed by atoms with E-state index >= 15 is 0 Å². The van der Waals surface area contributed by atoms with Crippen LogP contribution in [0.2, 0.25) is 0 Å². The summed E-state index contributed by atoms with van der Waals surface area (Å²) in [6, 6.07) is 0. The minimum atomic E-state index is -2.12. The van der Waals surface area contributed by atoms with Gasteiger partial charge in [0.2, 0.25) is 0 Å². The van der Waals surface area contributed by atoms with E-state index in [1.54, 1.807) is 0 Å². The first kappa shape index (κ1) is 19.0. The van der Waals surface area contributed by atoms with E-state index in [9.17, 15) is 4.21 Å². The molecule has 0 aliphatic rings. The van der Waals surface area contributed by atoms with Crippen LogP contribution in [-0.2, 0) is 15.5 Å². The summed E-state index contributed by atoms with van der Waals surface area (Å²) < 4.78 is 23.1. The molecule has 19 heavy (non-hydrogen) atoms. The van der Waals surface area contributed by atoms with E-state index in [-0.39, 0.29) is 0 Å². The van der Waals surface area contributed by atoms with E-state index in [0.717, 1.165) is 6.54 Å². The van der Waals surface area contributed by atoms with Crippen LogP contribution in [0.5, 0.6) is 0 Å². The third kappa shape index (κ3) is 18.0. The lowest BCUT2D eigenvalue weighted by molar-refractivity contribution is 0.304. The van der Waals surface area contributed by atoms with E-state index in [2.05, 4.69) is 16.4 Å². The predicted molar refractivity (Wildman–Crippen MR) is 81.4 cm³/mol. The lowest BCUT2D eigenvalue weighted by atomic mass is 10.1. The van der Waals surface area contributed by atoms with Crippen molar-refractivity contribution in [2.75, 3.05) is 19.7 Å². The molecule has 116 valence electrons. The third-order valence-electron chi connectivity index (χ3n) is 3.17. The summed E-state index contributed by atoms with van der Waals surface area (Å²) in [7, 11) is 0. The molecule has 0 saturated heterocycles. The van der Waals surface area contributed by atoms with Crippen LogP contribution in [0.3, 0.4) is 0 Å². The van der Waals surface area contributed by atoms with Crippen LogP contribution >= 0.6 is 0 Å². The Labute approximate surface area is 121 Å². The Morgan fingerprint density at radius 3 is 1.95 bits per heavy atom. The highest BCUT2D eigenvalue weighted by atomic mass is 32.2. The van der Waals surface area contributed by atoms with Gasteiger partial charge in [0.1, 0.15) is 0 Å². The molecule has 0 saturated carbocycles. The van der Waals surface area contributed by atoms with Gasteiger partial charge < -0.3 is 5.32 Å². The molecule has 0 spiro atoms. The molecule has 0 bridgehead atoms. The van der Waals surface area contributed by atoms with Crippen molar-refractivity contribution in [1.29, 1.82) is 0 Å². The summed E-state index contributed by atoms with van der Waals surface area (Å²) >= 11 is -2.12. The molecule has 0 aromatic rings. The molecule has 0 fully saturated rings. The Morgan fingerprint density at radius 1 is 0.895 bits per heavy atom. The summed E-state index contributed by atoms with van der Waals surface area (Å²) in [5.74, 6) is 0. The van der Waals surface area contributed by atoms with Gasteiger partial charge in [-0.2, -0.15) is 4.21 Å². The fraction of sp³-hybridized carbons (Fsp3) is 1.00. The molecule has 0 rings (SSSR count). The van der Waals surface area contributed by atoms with Gasteiger partial charge in [-0.15, -0.1) is 0 Å². The second-order valence-corrected chi connectivity index (χ2v) is 5.64. The molecule has 1 atom stereocenters. The molecule has 0 aliphatic heterocycles. The van der Waals surface area contributed by atoms with Crippen LogP contribution in [0, 0.1) is 0 Å². The Balaban J connectivity index is 2.93. The third-order valence-corrected chi connectivity index (χ3v) is 3.54. The maximum atomic E-state index is 10.2. The van der Waals surface area contributed by atoms with E-state index < -0.39 is 11.4 Å². The monoisotopic (exact) mass is 293 g/mol. The van der Waals surface area contributed by atoms with Crippen molar-refractivity contribution in [1.82, 2.24) is 5.32 Å². The van der Waals surface area contributed by atoms with Gasteiger partial charge in [0.25, 0.3) is 0 Å². The molecule has 0 aromatic heterocycles. The molecule has 0 radical (unpaired) electrons. The first-order valence-corrected chi connectivity index (χ1v) is 8.75. The van der Waals surface area contributed by atoms with Crippen LogP contribution in [-0.4, -0.2) is 28.5 Å². The minimum Gasteiger partial charge on any atom is -0.314 e. The molecule has 2 N–H and O–H groups in total. The standard InChI is InChI=1S/C14H31NO3S/c1-2-3-4-5-6-7-8-9-10-11-12-15-13-14-18-19(16)17/h15H,2-14H2,1H3,(H,16,17). The molecule has 0 aromatic carbocycles. The van der Waals surface area contributed by atoms with Gasteiger partial charge in [0.15, 0.2) is 0 Å². The fourth-order valence-corrected chi connectivity index (χ4v) is 2.27. The maximum absolute atomic E-state index is 10.2. The second-order valence-electron chi connectivity index (χ2n) is 4.97. The lowest BCUT2D eigenvalue weighted by Crippen LogP contribution is -2.21. The van der Waals surface area contributed by atoms with Crippen molar-refractivity contribution < 1.29 is 12.9 Å². The molecule has 0 amide bonds. The molecular weight excluding hydrogens is 262 g/mol. The van der Waals surface area contributed by atoms with Gasteiger partial charge in [0, 0.05) is 6.54 Å². The second kappa shape index (κ2) is 16.1. The van der Waals surface area contributed by atoms with E-state index in [0.29, 0.717) is 13.2 Å². The van der Waals surface area contributed by atoms with Crippen molar-refractivity contribution in [2.45, 2.75) is 71.1 Å². The highest BCUT2D eigenvalue weighted by Crippen LogP contribution is 2.10. The fourth-order valence-electron chi connectivity index (χ4n) is 2.05. The van der Waals surface area contributed by atoms with Crippen molar-refractivity contribution in [3.63, 3.8) is 0 Å². The summed E-state index contributed by atoms with van der Waals surface area (Å²) in [6.07, 6.45) is 13.4. The molecule has 1 unspecified atom stereocenters. The van der Waals surface area contributed by atoms with Gasteiger partial charge in [-0.25, -0.2) is 0 Å². The SMILES string of the molecule is CCCCCCCCCCCCNCCOS(=O)O. The zero-order valence-corrected chi connectivity index (χ0v) is 13.2. The summed E-state index contributed by atoms with van der Waals surface area (Å²) in [5, 5.41) is 3.20. The lowest BCUT2D eigenvalue weighted by Gasteiger charge is -2.04. The Hall–Kier alpha value is 0.0300. The van der Waals surface area contributed by atoms with Crippen LogP contribution < -0.4 is 5.32 Å². The quantitative estimate of drug-likeness (QED) is 0.357. The van der Waals surface area contributed by atoms with Crippen molar-refractivity contribution >= 4 is 11.4 Å². The van der Waals surface area contributed by atoms with Gasteiger partial charge in [-0.05, 0) is 13.0 Å².